The number of benzene rings is 1. The molecule has 0 radical (unpaired) electrons. The highest BCUT2D eigenvalue weighted by molar-refractivity contribution is 5.79. The number of hydrogen-bond donors (Lipinski definition) is 1. The first-order valence-electron chi connectivity index (χ1n) is 6.56. The van der Waals surface area contributed by atoms with Gasteiger partial charge >= 0.3 is 0 Å². The molecule has 0 atom stereocenters. The van der Waals surface area contributed by atoms with Crippen molar-refractivity contribution in [2.24, 2.45) is 0 Å². The van der Waals surface area contributed by atoms with Crippen molar-refractivity contribution in [1.29, 1.82) is 0 Å². The molecule has 0 spiro atoms. The van der Waals surface area contributed by atoms with E-state index in [1.165, 1.54) is 0 Å². The lowest BCUT2D eigenvalue weighted by molar-refractivity contribution is -0.120. The normalized spacial score (nSPS) is 10.2. The highest BCUT2D eigenvalue weighted by atomic mass is 16.5. The average molecular weight is 274 g/mol. The van der Waals surface area contributed by atoms with Gasteiger partial charge in [-0.25, -0.2) is 0 Å². The summed E-state index contributed by atoms with van der Waals surface area (Å²) in [4.78, 5) is 11.8. The van der Waals surface area contributed by atoms with E-state index in [0.29, 0.717) is 13.0 Å². The van der Waals surface area contributed by atoms with Gasteiger partial charge in [0.15, 0.2) is 0 Å². The van der Waals surface area contributed by atoms with Crippen LogP contribution in [0.2, 0.25) is 0 Å². The Hall–Kier alpha value is -2.30. The van der Waals surface area contributed by atoms with Gasteiger partial charge in [0.2, 0.25) is 5.91 Å². The van der Waals surface area contributed by atoms with Crippen molar-refractivity contribution < 1.29 is 14.1 Å². The predicted molar refractivity (Wildman–Crippen MR) is 74.5 cm³/mol. The number of amides is 1. The van der Waals surface area contributed by atoms with Gasteiger partial charge in [0.1, 0.15) is 12.0 Å². The molecule has 2 rings (SSSR count). The standard InChI is InChI=1S/C15H18N2O3/c1-19-14-7-3-2-6-13(14)9-15(18)16-8-4-5-12-10-17-20-11-12/h2-3,6-7,10-11H,4-5,8-9H2,1H3,(H,16,18). The summed E-state index contributed by atoms with van der Waals surface area (Å²) in [6.07, 6.45) is 5.35. The van der Waals surface area contributed by atoms with Crippen LogP contribution in [-0.2, 0) is 17.6 Å². The van der Waals surface area contributed by atoms with Gasteiger partial charge in [0.05, 0.1) is 19.7 Å². The quantitative estimate of drug-likeness (QED) is 0.784. The minimum Gasteiger partial charge on any atom is -0.496 e. The number of rotatable bonds is 7. The number of para-hydroxylation sites is 1. The summed E-state index contributed by atoms with van der Waals surface area (Å²) in [6, 6.07) is 7.54. The third kappa shape index (κ3) is 4.12. The van der Waals surface area contributed by atoms with Crippen LogP contribution in [0.25, 0.3) is 0 Å². The van der Waals surface area contributed by atoms with Gasteiger partial charge in [-0.3, -0.25) is 4.79 Å². The van der Waals surface area contributed by atoms with Gasteiger partial charge in [0.25, 0.3) is 0 Å². The van der Waals surface area contributed by atoms with E-state index in [-0.39, 0.29) is 5.91 Å². The maximum Gasteiger partial charge on any atom is 0.224 e. The summed E-state index contributed by atoms with van der Waals surface area (Å²) < 4.78 is 9.97. The van der Waals surface area contributed by atoms with Crippen molar-refractivity contribution >= 4 is 5.91 Å². The van der Waals surface area contributed by atoms with Crippen molar-refractivity contribution in [3.63, 3.8) is 0 Å². The fourth-order valence-corrected chi connectivity index (χ4v) is 1.95. The van der Waals surface area contributed by atoms with Gasteiger partial charge in [-0.05, 0) is 18.9 Å². The molecule has 5 nitrogen and oxygen atoms in total. The van der Waals surface area contributed by atoms with Gasteiger partial charge in [0, 0.05) is 17.7 Å². The molecular weight excluding hydrogens is 256 g/mol. The van der Waals surface area contributed by atoms with Crippen LogP contribution < -0.4 is 10.1 Å². The number of aromatic nitrogens is 1. The molecule has 1 aromatic heterocycles. The topological polar surface area (TPSA) is 64.4 Å². The highest BCUT2D eigenvalue weighted by Crippen LogP contribution is 2.17. The summed E-state index contributed by atoms with van der Waals surface area (Å²) in [6.45, 7) is 0.638. The summed E-state index contributed by atoms with van der Waals surface area (Å²) in [7, 11) is 1.61. The van der Waals surface area contributed by atoms with Crippen LogP contribution in [0.1, 0.15) is 17.5 Å². The second-order valence-electron chi connectivity index (χ2n) is 4.47. The molecular formula is C15H18N2O3. The molecule has 1 N–H and O–H groups in total. The number of nitrogens with one attached hydrogen (secondary N) is 1. The van der Waals surface area contributed by atoms with E-state index in [0.717, 1.165) is 29.7 Å². The second kappa shape index (κ2) is 7.33. The van der Waals surface area contributed by atoms with E-state index in [1.54, 1.807) is 19.6 Å². The van der Waals surface area contributed by atoms with Crippen molar-refractivity contribution in [1.82, 2.24) is 10.5 Å². The van der Waals surface area contributed by atoms with E-state index in [4.69, 9.17) is 9.26 Å². The number of hydrogen-bond acceptors (Lipinski definition) is 4. The number of carbonyl (C=O) groups is 1. The molecule has 5 heteroatoms. The first-order chi connectivity index (χ1) is 9.79. The molecule has 1 heterocycles. The lowest BCUT2D eigenvalue weighted by atomic mass is 10.1. The number of carbonyl (C=O) groups excluding carboxylic acids is 1. The molecule has 20 heavy (non-hydrogen) atoms. The molecule has 1 aromatic carbocycles. The van der Waals surface area contributed by atoms with Crippen LogP contribution in [0, 0.1) is 0 Å². The third-order valence-corrected chi connectivity index (χ3v) is 2.99. The SMILES string of the molecule is COc1ccccc1CC(=O)NCCCc1cnoc1. The fraction of sp³-hybridized carbons (Fsp3) is 0.333. The van der Waals surface area contributed by atoms with E-state index < -0.39 is 0 Å². The zero-order valence-electron chi connectivity index (χ0n) is 11.5. The largest absolute Gasteiger partial charge is 0.496 e. The Balaban J connectivity index is 1.72. The Morgan fingerprint density at radius 1 is 1.40 bits per heavy atom. The molecule has 0 saturated carbocycles. The second-order valence-corrected chi connectivity index (χ2v) is 4.47. The number of ether oxygens (including phenoxy) is 1. The first kappa shape index (κ1) is 14.1. The highest BCUT2D eigenvalue weighted by Gasteiger charge is 2.07. The van der Waals surface area contributed by atoms with Gasteiger partial charge < -0.3 is 14.6 Å². The molecule has 0 unspecified atom stereocenters. The van der Waals surface area contributed by atoms with Crippen LogP contribution in [0.4, 0.5) is 0 Å². The van der Waals surface area contributed by atoms with Crippen LogP contribution in [0.3, 0.4) is 0 Å². The predicted octanol–water partition coefficient (Wildman–Crippen LogP) is 1.97. The smallest absolute Gasteiger partial charge is 0.224 e. The lowest BCUT2D eigenvalue weighted by Gasteiger charge is -2.08. The Morgan fingerprint density at radius 2 is 2.25 bits per heavy atom. The molecule has 0 saturated heterocycles. The fourth-order valence-electron chi connectivity index (χ4n) is 1.95. The number of methoxy groups -OCH3 is 1. The summed E-state index contributed by atoms with van der Waals surface area (Å²) in [5.74, 6) is 0.743. The molecule has 0 aliphatic rings. The van der Waals surface area contributed by atoms with Crippen molar-refractivity contribution in [2.75, 3.05) is 13.7 Å². The van der Waals surface area contributed by atoms with E-state index in [9.17, 15) is 4.79 Å². The minimum atomic E-state index is -0.000168. The summed E-state index contributed by atoms with van der Waals surface area (Å²) in [5.41, 5.74) is 1.94. The minimum absolute atomic E-state index is 0.000168. The number of aryl methyl sites for hydroxylation is 1. The molecule has 0 aliphatic heterocycles. The zero-order chi connectivity index (χ0) is 14.2. The monoisotopic (exact) mass is 274 g/mol. The maximum absolute atomic E-state index is 11.8. The molecule has 0 bridgehead atoms. The zero-order valence-corrected chi connectivity index (χ0v) is 11.5. The third-order valence-electron chi connectivity index (χ3n) is 2.99. The molecule has 0 aliphatic carbocycles. The van der Waals surface area contributed by atoms with Crippen LogP contribution in [-0.4, -0.2) is 24.7 Å². The van der Waals surface area contributed by atoms with E-state index >= 15 is 0 Å². The van der Waals surface area contributed by atoms with Gasteiger partial charge in [-0.1, -0.05) is 23.4 Å². The molecule has 0 fully saturated rings. The Bertz CT molecular complexity index is 538. The van der Waals surface area contributed by atoms with Crippen LogP contribution >= 0.6 is 0 Å². The Labute approximate surface area is 117 Å². The number of nitrogens with zero attached hydrogens (tertiary/aromatic N) is 1. The average Bonchev–Trinajstić information content (AvgIpc) is 2.97. The molecule has 1 amide bonds. The van der Waals surface area contributed by atoms with E-state index in [1.807, 2.05) is 24.3 Å². The first-order valence-corrected chi connectivity index (χ1v) is 6.56. The van der Waals surface area contributed by atoms with Crippen LogP contribution in [0.15, 0.2) is 41.2 Å². The molecule has 2 aromatic rings. The Kier molecular flexibility index (Phi) is 5.17. The molecule has 106 valence electrons. The van der Waals surface area contributed by atoms with Gasteiger partial charge in [-0.2, -0.15) is 0 Å². The van der Waals surface area contributed by atoms with Crippen LogP contribution in [0.5, 0.6) is 5.75 Å². The Morgan fingerprint density at radius 3 is 3.00 bits per heavy atom. The van der Waals surface area contributed by atoms with Crippen molar-refractivity contribution in [3.8, 4) is 5.75 Å². The summed E-state index contributed by atoms with van der Waals surface area (Å²) in [5, 5.41) is 6.53. The van der Waals surface area contributed by atoms with E-state index in [2.05, 4.69) is 10.5 Å². The summed E-state index contributed by atoms with van der Waals surface area (Å²) >= 11 is 0. The maximum atomic E-state index is 11.8. The van der Waals surface area contributed by atoms with Crippen molar-refractivity contribution in [3.05, 3.63) is 47.9 Å². The van der Waals surface area contributed by atoms with Gasteiger partial charge in [-0.15, -0.1) is 0 Å². The lowest BCUT2D eigenvalue weighted by Crippen LogP contribution is -2.26. The van der Waals surface area contributed by atoms with Crippen molar-refractivity contribution in [2.45, 2.75) is 19.3 Å².